The molecular formula is C40H47B3O13. The van der Waals surface area contributed by atoms with Crippen LogP contribution in [0.25, 0.3) is 0 Å². The smallest absolute Gasteiger partial charge is 0.488 e. The third-order valence-corrected chi connectivity index (χ3v) is 9.02. The van der Waals surface area contributed by atoms with Crippen molar-refractivity contribution < 1.29 is 63.5 Å². The molecule has 0 aliphatic heterocycles. The zero-order valence-corrected chi connectivity index (χ0v) is 32.0. The summed E-state index contributed by atoms with van der Waals surface area (Å²) < 4.78 is 23.4. The highest BCUT2D eigenvalue weighted by atomic mass is 16.6. The van der Waals surface area contributed by atoms with Gasteiger partial charge >= 0.3 is 39.3 Å². The maximum atomic E-state index is 13.3. The average Bonchev–Trinajstić information content (AvgIpc) is 3.16. The van der Waals surface area contributed by atoms with Crippen LogP contribution >= 0.6 is 0 Å². The Kier molecular flexibility index (Phi) is 14.7. The maximum absolute atomic E-state index is 13.3. The van der Waals surface area contributed by atoms with Crippen molar-refractivity contribution in [2.75, 3.05) is 26.4 Å². The molecule has 0 heterocycles. The highest BCUT2D eigenvalue weighted by molar-refractivity contribution is 6.59. The van der Waals surface area contributed by atoms with Gasteiger partial charge in [0.1, 0.15) is 37.6 Å². The van der Waals surface area contributed by atoms with Crippen molar-refractivity contribution in [3.05, 3.63) is 119 Å². The quantitative estimate of drug-likeness (QED) is 0.0511. The minimum Gasteiger partial charge on any atom is -0.493 e. The summed E-state index contributed by atoms with van der Waals surface area (Å²) >= 11 is 0. The maximum Gasteiger partial charge on any atom is 0.488 e. The summed E-state index contributed by atoms with van der Waals surface area (Å²) in [7, 11) is -5.24. The normalized spacial score (nSPS) is 11.7. The number of hydrogen-bond acceptors (Lipinski definition) is 13. The fourth-order valence-corrected chi connectivity index (χ4v) is 6.20. The molecule has 0 unspecified atom stereocenters. The van der Waals surface area contributed by atoms with E-state index in [-0.39, 0.29) is 50.5 Å². The SMILES string of the molecule is CC(C)(C)CC(C)(C)c1ccc(OCC(COC(=O)c2ccc(B(O)O)cc2)(COC(=O)c2ccc(B(O)O)cc2)COC(=O)c2ccc(B(O)O)cc2)cc1. The monoisotopic (exact) mass is 768 g/mol. The first-order valence-corrected chi connectivity index (χ1v) is 17.9. The predicted octanol–water partition coefficient (Wildman–Crippen LogP) is 1.38. The second-order valence-corrected chi connectivity index (χ2v) is 15.6. The lowest BCUT2D eigenvalue weighted by atomic mass is 9.72. The molecule has 13 nitrogen and oxygen atoms in total. The van der Waals surface area contributed by atoms with Gasteiger partial charge in [0.15, 0.2) is 0 Å². The molecule has 0 spiro atoms. The highest BCUT2D eigenvalue weighted by Gasteiger charge is 2.38. The van der Waals surface area contributed by atoms with E-state index in [1.165, 1.54) is 72.8 Å². The van der Waals surface area contributed by atoms with Crippen molar-refractivity contribution in [2.45, 2.75) is 46.5 Å². The van der Waals surface area contributed by atoms with E-state index < -0.39 is 64.5 Å². The first-order valence-electron chi connectivity index (χ1n) is 17.9. The number of ether oxygens (including phenoxy) is 4. The van der Waals surface area contributed by atoms with E-state index in [2.05, 4.69) is 34.6 Å². The first-order chi connectivity index (χ1) is 26.3. The van der Waals surface area contributed by atoms with Crippen LogP contribution in [-0.4, -0.2) is 95.8 Å². The number of rotatable bonds is 17. The van der Waals surface area contributed by atoms with E-state index in [0.717, 1.165) is 12.0 Å². The molecule has 4 aromatic carbocycles. The van der Waals surface area contributed by atoms with Gasteiger partial charge in [0, 0.05) is 0 Å². The van der Waals surface area contributed by atoms with Gasteiger partial charge in [-0.15, -0.1) is 0 Å². The van der Waals surface area contributed by atoms with E-state index in [9.17, 15) is 44.5 Å². The second-order valence-electron chi connectivity index (χ2n) is 15.6. The molecule has 0 aliphatic rings. The Labute approximate surface area is 327 Å². The van der Waals surface area contributed by atoms with Crippen LogP contribution in [0.3, 0.4) is 0 Å². The molecule has 16 heteroatoms. The van der Waals surface area contributed by atoms with E-state index in [1.807, 2.05) is 12.1 Å². The molecule has 0 aromatic heterocycles. The third kappa shape index (κ3) is 12.5. The Morgan fingerprint density at radius 2 is 0.804 bits per heavy atom. The van der Waals surface area contributed by atoms with E-state index >= 15 is 0 Å². The van der Waals surface area contributed by atoms with Crippen molar-refractivity contribution in [3.63, 3.8) is 0 Å². The van der Waals surface area contributed by atoms with Crippen LogP contribution in [0.2, 0.25) is 0 Å². The predicted molar refractivity (Wildman–Crippen MR) is 211 cm³/mol. The van der Waals surface area contributed by atoms with Gasteiger partial charge < -0.3 is 49.1 Å². The Bertz CT molecular complexity index is 1740. The molecule has 0 saturated carbocycles. The molecule has 0 aliphatic carbocycles. The molecular weight excluding hydrogens is 721 g/mol. The summed E-state index contributed by atoms with van der Waals surface area (Å²) in [4.78, 5) is 39.9. The number of carbonyl (C=O) groups is 3. The summed E-state index contributed by atoms with van der Waals surface area (Å²) in [5.74, 6) is -2.00. The first kappa shape index (κ1) is 43.8. The van der Waals surface area contributed by atoms with Crippen LogP contribution in [0, 0.1) is 10.8 Å². The summed E-state index contributed by atoms with van der Waals surface area (Å²) in [6.07, 6.45) is 0.918. The Hall–Kier alpha value is -4.96. The molecule has 56 heavy (non-hydrogen) atoms. The van der Waals surface area contributed by atoms with Crippen LogP contribution in [0.5, 0.6) is 5.75 Å². The van der Waals surface area contributed by atoms with Crippen LogP contribution in [0.15, 0.2) is 97.1 Å². The number of carbonyl (C=O) groups excluding carboxylic acids is 3. The van der Waals surface area contributed by atoms with Crippen LogP contribution in [0.4, 0.5) is 0 Å². The van der Waals surface area contributed by atoms with E-state index in [4.69, 9.17) is 18.9 Å². The van der Waals surface area contributed by atoms with Gasteiger partial charge in [-0.1, -0.05) is 83.1 Å². The lowest BCUT2D eigenvalue weighted by molar-refractivity contribution is -0.0543. The van der Waals surface area contributed by atoms with Crippen molar-refractivity contribution in [1.29, 1.82) is 0 Å². The largest absolute Gasteiger partial charge is 0.493 e. The summed E-state index contributed by atoms with van der Waals surface area (Å²) in [6, 6.07) is 23.6. The van der Waals surface area contributed by atoms with Crippen molar-refractivity contribution in [1.82, 2.24) is 0 Å². The summed E-state index contributed by atoms with van der Waals surface area (Å²) in [5.41, 5.74) is 0.174. The third-order valence-electron chi connectivity index (χ3n) is 9.02. The standard InChI is InChI=1S/C40H47B3O13/c1-38(2,3)22-39(4,5)30-12-20-34(21-13-30)53-23-40(24-54-35(44)27-6-14-31(15-7-27)41(47)48,25-55-36(45)28-8-16-32(17-9-28)42(49)50)26-56-37(46)29-10-18-33(19-11-29)43(51)52/h6-21,47-52H,22-26H2,1-5H3. The lowest BCUT2D eigenvalue weighted by Crippen LogP contribution is -2.44. The minimum atomic E-state index is -1.75. The van der Waals surface area contributed by atoms with Crippen molar-refractivity contribution in [2.24, 2.45) is 10.8 Å². The van der Waals surface area contributed by atoms with Crippen molar-refractivity contribution >= 4 is 55.7 Å². The fraction of sp³-hybridized carbons (Fsp3) is 0.325. The Morgan fingerprint density at radius 1 is 0.482 bits per heavy atom. The lowest BCUT2D eigenvalue weighted by Gasteiger charge is -2.33. The van der Waals surface area contributed by atoms with Gasteiger partial charge in [-0.05, 0) is 87.7 Å². The van der Waals surface area contributed by atoms with Crippen LogP contribution in [-0.2, 0) is 19.6 Å². The second kappa shape index (κ2) is 18.8. The summed E-state index contributed by atoms with van der Waals surface area (Å²) in [5, 5.41) is 56.8. The van der Waals surface area contributed by atoms with Gasteiger partial charge in [0.25, 0.3) is 0 Å². The molecule has 0 atom stereocenters. The average molecular weight is 768 g/mol. The Balaban J connectivity index is 1.65. The zero-order chi connectivity index (χ0) is 41.3. The van der Waals surface area contributed by atoms with Gasteiger partial charge in [0.2, 0.25) is 0 Å². The minimum absolute atomic E-state index is 0.0731. The molecule has 294 valence electrons. The van der Waals surface area contributed by atoms with Gasteiger partial charge in [0.05, 0.1) is 16.7 Å². The number of esters is 3. The van der Waals surface area contributed by atoms with Gasteiger partial charge in [-0.3, -0.25) is 0 Å². The number of benzene rings is 4. The van der Waals surface area contributed by atoms with Crippen molar-refractivity contribution in [3.8, 4) is 5.75 Å². The van der Waals surface area contributed by atoms with Gasteiger partial charge in [-0.2, -0.15) is 0 Å². The van der Waals surface area contributed by atoms with E-state index in [0.29, 0.717) is 5.75 Å². The fourth-order valence-electron chi connectivity index (χ4n) is 6.20. The molecule has 0 bridgehead atoms. The zero-order valence-electron chi connectivity index (χ0n) is 32.0. The van der Waals surface area contributed by atoms with Crippen LogP contribution < -0.4 is 21.1 Å². The Morgan fingerprint density at radius 3 is 1.09 bits per heavy atom. The molecule has 6 N–H and O–H groups in total. The molecule has 0 radical (unpaired) electrons. The van der Waals surface area contributed by atoms with Crippen LogP contribution in [0.1, 0.15) is 77.7 Å². The molecule has 4 rings (SSSR count). The summed E-state index contributed by atoms with van der Waals surface area (Å²) in [6.45, 7) is 9.10. The molecule has 0 fully saturated rings. The van der Waals surface area contributed by atoms with E-state index in [1.54, 1.807) is 12.1 Å². The molecule has 0 amide bonds. The molecule has 0 saturated heterocycles. The molecule has 4 aromatic rings. The highest BCUT2D eigenvalue weighted by Crippen LogP contribution is 2.37. The number of hydrogen-bond donors (Lipinski definition) is 6. The topological polar surface area (TPSA) is 210 Å². The van der Waals surface area contributed by atoms with Gasteiger partial charge in [-0.25, -0.2) is 14.4 Å².